The van der Waals surface area contributed by atoms with Crippen LogP contribution in [-0.4, -0.2) is 10.9 Å². The average molecular weight is 155 g/mol. The molecule has 5 heteroatoms. The van der Waals surface area contributed by atoms with Gasteiger partial charge in [0.15, 0.2) is 0 Å². The molecule has 1 heterocycles. The van der Waals surface area contributed by atoms with Crippen molar-refractivity contribution in [2.75, 3.05) is 5.73 Å². The Labute approximate surface area is 62.0 Å². The SMILES string of the molecule is NC(=O)c1cc(F)cc(N)n1. The number of nitrogens with two attached hydrogens (primary N) is 2. The number of amides is 1. The molecule has 1 rings (SSSR count). The molecular weight excluding hydrogens is 149 g/mol. The smallest absolute Gasteiger partial charge is 0.267 e. The van der Waals surface area contributed by atoms with Crippen LogP contribution < -0.4 is 11.5 Å². The number of primary amides is 1. The summed E-state index contributed by atoms with van der Waals surface area (Å²) in [6, 6.07) is 1.94. The van der Waals surface area contributed by atoms with Gasteiger partial charge in [0.25, 0.3) is 5.91 Å². The molecule has 1 aromatic heterocycles. The molecule has 0 radical (unpaired) electrons. The van der Waals surface area contributed by atoms with Gasteiger partial charge in [-0.2, -0.15) is 0 Å². The normalized spacial score (nSPS) is 9.55. The van der Waals surface area contributed by atoms with Crippen LogP contribution in [0, 0.1) is 5.82 Å². The molecule has 0 fully saturated rings. The van der Waals surface area contributed by atoms with Gasteiger partial charge in [-0.25, -0.2) is 9.37 Å². The first kappa shape index (κ1) is 7.46. The molecule has 0 aliphatic rings. The molecule has 0 atom stereocenters. The fraction of sp³-hybridized carbons (Fsp3) is 0. The molecule has 11 heavy (non-hydrogen) atoms. The second-order valence-electron chi connectivity index (χ2n) is 1.96. The van der Waals surface area contributed by atoms with Crippen molar-refractivity contribution < 1.29 is 9.18 Å². The zero-order chi connectivity index (χ0) is 8.43. The number of nitrogens with zero attached hydrogens (tertiary/aromatic N) is 1. The van der Waals surface area contributed by atoms with Gasteiger partial charge in [-0.1, -0.05) is 0 Å². The van der Waals surface area contributed by atoms with Crippen LogP contribution in [0.25, 0.3) is 0 Å². The molecule has 0 bridgehead atoms. The van der Waals surface area contributed by atoms with Crippen molar-refractivity contribution in [3.8, 4) is 0 Å². The van der Waals surface area contributed by atoms with Crippen molar-refractivity contribution in [1.82, 2.24) is 4.98 Å². The van der Waals surface area contributed by atoms with Gasteiger partial charge in [-0.15, -0.1) is 0 Å². The third kappa shape index (κ3) is 1.64. The summed E-state index contributed by atoms with van der Waals surface area (Å²) in [6.07, 6.45) is 0. The van der Waals surface area contributed by atoms with Crippen LogP contribution in [0.5, 0.6) is 0 Å². The highest BCUT2D eigenvalue weighted by Crippen LogP contribution is 2.04. The number of pyridine rings is 1. The van der Waals surface area contributed by atoms with Gasteiger partial charge < -0.3 is 11.5 Å². The minimum atomic E-state index is -0.795. The quantitative estimate of drug-likeness (QED) is 0.594. The van der Waals surface area contributed by atoms with E-state index < -0.39 is 11.7 Å². The lowest BCUT2D eigenvalue weighted by Gasteiger charge is -1.96. The summed E-state index contributed by atoms with van der Waals surface area (Å²) in [6.45, 7) is 0. The van der Waals surface area contributed by atoms with E-state index >= 15 is 0 Å². The van der Waals surface area contributed by atoms with Crippen molar-refractivity contribution in [1.29, 1.82) is 0 Å². The van der Waals surface area contributed by atoms with Gasteiger partial charge in [0.1, 0.15) is 17.3 Å². The molecule has 1 amide bonds. The number of halogens is 1. The molecule has 1 aromatic rings. The van der Waals surface area contributed by atoms with E-state index in [4.69, 9.17) is 11.5 Å². The predicted molar refractivity (Wildman–Crippen MR) is 37.1 cm³/mol. The van der Waals surface area contributed by atoms with E-state index in [1.54, 1.807) is 0 Å². The van der Waals surface area contributed by atoms with Crippen LogP contribution in [0.3, 0.4) is 0 Å². The van der Waals surface area contributed by atoms with Crippen LogP contribution in [0.2, 0.25) is 0 Å². The predicted octanol–water partition coefficient (Wildman–Crippen LogP) is -0.0982. The maximum Gasteiger partial charge on any atom is 0.267 e. The molecule has 0 unspecified atom stereocenters. The Bertz CT molecular complexity index is 280. The highest BCUT2D eigenvalue weighted by molar-refractivity contribution is 5.91. The van der Waals surface area contributed by atoms with E-state index in [1.807, 2.05) is 0 Å². The Morgan fingerprint density at radius 3 is 2.64 bits per heavy atom. The number of hydrogen-bond acceptors (Lipinski definition) is 3. The zero-order valence-electron chi connectivity index (χ0n) is 5.54. The largest absolute Gasteiger partial charge is 0.384 e. The van der Waals surface area contributed by atoms with E-state index in [9.17, 15) is 9.18 Å². The van der Waals surface area contributed by atoms with Crippen LogP contribution >= 0.6 is 0 Å². The van der Waals surface area contributed by atoms with Crippen LogP contribution in [0.4, 0.5) is 10.2 Å². The van der Waals surface area contributed by atoms with Crippen molar-refractivity contribution in [3.63, 3.8) is 0 Å². The molecule has 0 saturated heterocycles. The number of anilines is 1. The molecular formula is C6H6FN3O. The molecule has 0 aliphatic heterocycles. The minimum absolute atomic E-state index is 0.0567. The summed E-state index contributed by atoms with van der Waals surface area (Å²) in [5, 5.41) is 0. The summed E-state index contributed by atoms with van der Waals surface area (Å²) in [5.41, 5.74) is 9.80. The first-order valence-corrected chi connectivity index (χ1v) is 2.82. The van der Waals surface area contributed by atoms with Gasteiger partial charge in [-0.05, 0) is 0 Å². The molecule has 58 valence electrons. The summed E-state index contributed by atoms with van der Waals surface area (Å²) in [7, 11) is 0. The second kappa shape index (κ2) is 2.53. The summed E-state index contributed by atoms with van der Waals surface area (Å²) in [5.74, 6) is -1.47. The lowest BCUT2D eigenvalue weighted by atomic mass is 10.3. The number of aromatic nitrogens is 1. The average Bonchev–Trinajstić information content (AvgIpc) is 1.85. The number of carbonyl (C=O) groups excluding carboxylic acids is 1. The molecule has 4 nitrogen and oxygen atoms in total. The van der Waals surface area contributed by atoms with Crippen molar-refractivity contribution >= 4 is 11.7 Å². The Kier molecular flexibility index (Phi) is 1.72. The van der Waals surface area contributed by atoms with Crippen molar-refractivity contribution in [2.45, 2.75) is 0 Å². The lowest BCUT2D eigenvalue weighted by molar-refractivity contribution is 0.0995. The number of rotatable bonds is 1. The van der Waals surface area contributed by atoms with Gasteiger partial charge in [0, 0.05) is 12.1 Å². The van der Waals surface area contributed by atoms with Gasteiger partial charge in [-0.3, -0.25) is 4.79 Å². The highest BCUT2D eigenvalue weighted by Gasteiger charge is 2.04. The number of carbonyl (C=O) groups is 1. The van der Waals surface area contributed by atoms with Crippen LogP contribution in [0.1, 0.15) is 10.5 Å². The molecule has 0 spiro atoms. The first-order valence-electron chi connectivity index (χ1n) is 2.82. The highest BCUT2D eigenvalue weighted by atomic mass is 19.1. The maximum absolute atomic E-state index is 12.5. The first-order chi connectivity index (χ1) is 5.09. The lowest BCUT2D eigenvalue weighted by Crippen LogP contribution is -2.14. The van der Waals surface area contributed by atoms with Crippen molar-refractivity contribution in [2.24, 2.45) is 5.73 Å². The number of hydrogen-bond donors (Lipinski definition) is 2. The van der Waals surface area contributed by atoms with Gasteiger partial charge in [0.2, 0.25) is 0 Å². The minimum Gasteiger partial charge on any atom is -0.384 e. The number of nitrogen functional groups attached to an aromatic ring is 1. The fourth-order valence-electron chi connectivity index (χ4n) is 0.643. The van der Waals surface area contributed by atoms with Gasteiger partial charge >= 0.3 is 0 Å². The topological polar surface area (TPSA) is 82.0 Å². The van der Waals surface area contributed by atoms with Crippen molar-refractivity contribution in [3.05, 3.63) is 23.6 Å². The molecule has 4 N–H and O–H groups in total. The van der Waals surface area contributed by atoms with E-state index in [1.165, 1.54) is 0 Å². The third-order valence-electron chi connectivity index (χ3n) is 1.06. The van der Waals surface area contributed by atoms with E-state index in [0.717, 1.165) is 12.1 Å². The maximum atomic E-state index is 12.5. The summed E-state index contributed by atoms with van der Waals surface area (Å²) in [4.78, 5) is 13.9. The van der Waals surface area contributed by atoms with Gasteiger partial charge in [0.05, 0.1) is 0 Å². The Morgan fingerprint density at radius 1 is 1.55 bits per heavy atom. The Morgan fingerprint density at radius 2 is 2.18 bits per heavy atom. The second-order valence-corrected chi connectivity index (χ2v) is 1.96. The van der Waals surface area contributed by atoms with Crippen LogP contribution in [-0.2, 0) is 0 Å². The van der Waals surface area contributed by atoms with E-state index in [2.05, 4.69) is 4.98 Å². The zero-order valence-corrected chi connectivity index (χ0v) is 5.54. The van der Waals surface area contributed by atoms with Crippen LogP contribution in [0.15, 0.2) is 12.1 Å². The Balaban J connectivity index is 3.19. The summed E-state index contributed by atoms with van der Waals surface area (Å²) < 4.78 is 12.5. The monoisotopic (exact) mass is 155 g/mol. The Hall–Kier alpha value is -1.65. The molecule has 0 saturated carbocycles. The fourth-order valence-corrected chi connectivity index (χ4v) is 0.643. The van der Waals surface area contributed by atoms with E-state index in [0.29, 0.717) is 0 Å². The summed E-state index contributed by atoms with van der Waals surface area (Å²) >= 11 is 0. The third-order valence-corrected chi connectivity index (χ3v) is 1.06. The van der Waals surface area contributed by atoms with E-state index in [-0.39, 0.29) is 11.5 Å². The standard InChI is InChI=1S/C6H6FN3O/c7-3-1-4(6(9)11)10-5(8)2-3/h1-2H,(H2,8,10)(H2,9,11). The molecule has 0 aliphatic carbocycles. The molecule has 0 aromatic carbocycles.